The normalized spacial score (nSPS) is 11.0. The number of benzene rings is 2. The summed E-state index contributed by atoms with van der Waals surface area (Å²) in [6.07, 6.45) is -3.47. The quantitative estimate of drug-likeness (QED) is 0.571. The minimum Gasteiger partial charge on any atom is -0.350 e. The first-order valence-corrected chi connectivity index (χ1v) is 8.72. The molecule has 0 unspecified atom stereocenters. The van der Waals surface area contributed by atoms with Crippen LogP contribution >= 0.6 is 0 Å². The number of alkyl halides is 3. The fraction of sp³-hybridized carbons (Fsp3) is 0.150. The molecule has 150 valence electrons. The van der Waals surface area contributed by atoms with E-state index in [4.69, 9.17) is 0 Å². The third-order valence-electron chi connectivity index (χ3n) is 3.90. The Labute approximate surface area is 165 Å². The summed E-state index contributed by atoms with van der Waals surface area (Å²) in [6, 6.07) is 16.9. The lowest BCUT2D eigenvalue weighted by molar-refractivity contribution is -0.141. The van der Waals surface area contributed by atoms with E-state index < -0.39 is 11.9 Å². The molecule has 0 aliphatic carbocycles. The minimum absolute atomic E-state index is 0.109. The first-order valence-electron chi connectivity index (χ1n) is 8.72. The third kappa shape index (κ3) is 6.20. The number of aromatic nitrogens is 2. The van der Waals surface area contributed by atoms with E-state index >= 15 is 0 Å². The van der Waals surface area contributed by atoms with Gasteiger partial charge in [-0.2, -0.15) is 13.2 Å². The van der Waals surface area contributed by atoms with Gasteiger partial charge in [0.25, 0.3) is 0 Å². The van der Waals surface area contributed by atoms with Crippen LogP contribution in [-0.4, -0.2) is 16.0 Å². The van der Waals surface area contributed by atoms with Crippen LogP contribution in [0.1, 0.15) is 16.8 Å². The fourth-order valence-electron chi connectivity index (χ4n) is 2.44. The molecule has 3 rings (SSSR count). The number of carbonyl (C=O) groups is 1. The number of hydrogen-bond donors (Lipinski definition) is 3. The fourth-order valence-corrected chi connectivity index (χ4v) is 2.44. The number of anilines is 2. The van der Waals surface area contributed by atoms with Gasteiger partial charge in [-0.25, -0.2) is 14.8 Å². The molecule has 0 aliphatic heterocycles. The molecule has 0 saturated carbocycles. The maximum atomic E-state index is 12.7. The molecule has 3 aromatic rings. The van der Waals surface area contributed by atoms with Gasteiger partial charge in [-0.3, -0.25) is 0 Å². The molecule has 0 bridgehead atoms. The molecular weight excluding hydrogens is 383 g/mol. The van der Waals surface area contributed by atoms with Crippen LogP contribution < -0.4 is 16.0 Å². The van der Waals surface area contributed by atoms with Gasteiger partial charge in [0.15, 0.2) is 0 Å². The van der Waals surface area contributed by atoms with E-state index in [1.807, 2.05) is 30.3 Å². The molecule has 0 fully saturated rings. The summed E-state index contributed by atoms with van der Waals surface area (Å²) in [5.41, 5.74) is 1.37. The van der Waals surface area contributed by atoms with Crippen molar-refractivity contribution in [1.82, 2.24) is 15.3 Å². The van der Waals surface area contributed by atoms with Crippen LogP contribution in [0.5, 0.6) is 0 Å². The highest BCUT2D eigenvalue weighted by molar-refractivity contribution is 5.89. The van der Waals surface area contributed by atoms with Gasteiger partial charge in [0.2, 0.25) is 5.95 Å². The number of nitrogens with zero attached hydrogens (tertiary/aromatic N) is 2. The molecule has 0 atom stereocenters. The number of nitrogens with one attached hydrogen (secondary N) is 3. The zero-order valence-corrected chi connectivity index (χ0v) is 15.2. The zero-order valence-electron chi connectivity index (χ0n) is 15.2. The second-order valence-corrected chi connectivity index (χ2v) is 6.11. The predicted molar refractivity (Wildman–Crippen MR) is 103 cm³/mol. The maximum absolute atomic E-state index is 12.7. The van der Waals surface area contributed by atoms with Crippen LogP contribution in [0, 0.1) is 0 Å². The highest BCUT2D eigenvalue weighted by Gasteiger charge is 2.32. The molecule has 0 spiro atoms. The minimum atomic E-state index is -4.52. The molecule has 1 heterocycles. The van der Waals surface area contributed by atoms with Crippen LogP contribution in [0.25, 0.3) is 0 Å². The van der Waals surface area contributed by atoms with Crippen molar-refractivity contribution in [2.75, 3.05) is 10.6 Å². The highest BCUT2D eigenvalue weighted by Crippen LogP contribution is 2.27. The lowest BCUT2D eigenvalue weighted by Gasteiger charge is -2.10. The molecular formula is C20H18F3N5O. The summed E-state index contributed by atoms with van der Waals surface area (Å²) in [5.74, 6) is -0.109. The van der Waals surface area contributed by atoms with Crippen molar-refractivity contribution in [3.63, 3.8) is 0 Å². The SMILES string of the molecule is O=C(NCc1ccccc1)Nc1ccc(CNc2nccc(C(F)(F)F)n2)cc1. The van der Waals surface area contributed by atoms with Gasteiger partial charge in [-0.1, -0.05) is 42.5 Å². The van der Waals surface area contributed by atoms with Crippen molar-refractivity contribution in [3.8, 4) is 0 Å². The number of urea groups is 1. The molecule has 3 N–H and O–H groups in total. The Kier molecular flexibility index (Phi) is 6.28. The van der Waals surface area contributed by atoms with E-state index in [1.54, 1.807) is 24.3 Å². The third-order valence-corrected chi connectivity index (χ3v) is 3.90. The second kappa shape index (κ2) is 9.05. The number of carbonyl (C=O) groups excluding carboxylic acids is 1. The first-order chi connectivity index (χ1) is 13.9. The molecule has 1 aromatic heterocycles. The van der Waals surface area contributed by atoms with Crippen LogP contribution in [-0.2, 0) is 19.3 Å². The van der Waals surface area contributed by atoms with Crippen molar-refractivity contribution in [3.05, 3.63) is 83.7 Å². The Bertz CT molecular complexity index is 946. The van der Waals surface area contributed by atoms with E-state index in [1.165, 1.54) is 0 Å². The number of amides is 2. The average molecular weight is 401 g/mol. The summed E-state index contributed by atoms with van der Waals surface area (Å²) in [4.78, 5) is 19.2. The van der Waals surface area contributed by atoms with Crippen LogP contribution in [0.2, 0.25) is 0 Å². The Balaban J connectivity index is 1.49. The molecule has 0 saturated heterocycles. The van der Waals surface area contributed by atoms with Crippen molar-refractivity contribution < 1.29 is 18.0 Å². The van der Waals surface area contributed by atoms with Gasteiger partial charge >= 0.3 is 12.2 Å². The van der Waals surface area contributed by atoms with Crippen molar-refractivity contribution in [1.29, 1.82) is 0 Å². The Morgan fingerprint density at radius 1 is 0.897 bits per heavy atom. The maximum Gasteiger partial charge on any atom is 0.433 e. The molecule has 9 heteroatoms. The topological polar surface area (TPSA) is 78.9 Å². The summed E-state index contributed by atoms with van der Waals surface area (Å²) >= 11 is 0. The van der Waals surface area contributed by atoms with Crippen molar-refractivity contribution in [2.45, 2.75) is 19.3 Å². The van der Waals surface area contributed by atoms with Gasteiger partial charge in [-0.05, 0) is 29.3 Å². The van der Waals surface area contributed by atoms with Gasteiger partial charge in [0.05, 0.1) is 0 Å². The molecule has 0 radical (unpaired) electrons. The van der Waals surface area contributed by atoms with Crippen LogP contribution in [0.3, 0.4) is 0 Å². The van der Waals surface area contributed by atoms with E-state index in [0.717, 1.165) is 23.4 Å². The smallest absolute Gasteiger partial charge is 0.350 e. The lowest BCUT2D eigenvalue weighted by Crippen LogP contribution is -2.28. The summed E-state index contributed by atoms with van der Waals surface area (Å²) < 4.78 is 38.0. The summed E-state index contributed by atoms with van der Waals surface area (Å²) in [5, 5.41) is 8.22. The lowest BCUT2D eigenvalue weighted by atomic mass is 10.2. The Hall–Kier alpha value is -3.62. The number of rotatable bonds is 6. The van der Waals surface area contributed by atoms with Crippen LogP contribution in [0.4, 0.5) is 29.6 Å². The van der Waals surface area contributed by atoms with Gasteiger partial charge in [0, 0.05) is 25.0 Å². The molecule has 2 aromatic carbocycles. The predicted octanol–water partition coefficient (Wildman–Crippen LogP) is 4.43. The molecule has 2 amide bonds. The average Bonchev–Trinajstić information content (AvgIpc) is 2.72. The number of hydrogen-bond acceptors (Lipinski definition) is 4. The van der Waals surface area contributed by atoms with Gasteiger partial charge in [-0.15, -0.1) is 0 Å². The second-order valence-electron chi connectivity index (χ2n) is 6.11. The Morgan fingerprint density at radius 3 is 2.28 bits per heavy atom. The van der Waals surface area contributed by atoms with Gasteiger partial charge < -0.3 is 16.0 Å². The first kappa shape index (κ1) is 20.1. The largest absolute Gasteiger partial charge is 0.433 e. The van der Waals surface area contributed by atoms with E-state index in [2.05, 4.69) is 25.9 Å². The van der Waals surface area contributed by atoms with E-state index in [-0.39, 0.29) is 18.5 Å². The Morgan fingerprint density at radius 2 is 1.59 bits per heavy atom. The zero-order chi connectivity index (χ0) is 20.7. The summed E-state index contributed by atoms with van der Waals surface area (Å²) in [7, 11) is 0. The number of halogens is 3. The standard InChI is InChI=1S/C20H18F3N5O/c21-20(22,23)17-10-11-24-18(28-17)25-12-15-6-8-16(9-7-15)27-19(29)26-13-14-4-2-1-3-5-14/h1-11H,12-13H2,(H,24,25,28)(H2,26,27,29). The van der Waals surface area contributed by atoms with Crippen molar-refractivity contribution in [2.24, 2.45) is 0 Å². The monoisotopic (exact) mass is 401 g/mol. The van der Waals surface area contributed by atoms with E-state index in [9.17, 15) is 18.0 Å². The molecule has 29 heavy (non-hydrogen) atoms. The summed E-state index contributed by atoms with van der Waals surface area (Å²) in [6.45, 7) is 0.646. The van der Waals surface area contributed by atoms with Crippen molar-refractivity contribution >= 4 is 17.7 Å². The van der Waals surface area contributed by atoms with E-state index in [0.29, 0.717) is 12.2 Å². The molecule has 0 aliphatic rings. The highest BCUT2D eigenvalue weighted by atomic mass is 19.4. The van der Waals surface area contributed by atoms with Gasteiger partial charge in [0.1, 0.15) is 5.69 Å². The van der Waals surface area contributed by atoms with Crippen LogP contribution in [0.15, 0.2) is 66.9 Å². The molecule has 6 nitrogen and oxygen atoms in total.